The van der Waals surface area contributed by atoms with E-state index in [1.807, 2.05) is 24.3 Å². The first kappa shape index (κ1) is 17.7. The third kappa shape index (κ3) is 3.44. The number of halogens is 1. The van der Waals surface area contributed by atoms with Gasteiger partial charge in [0.15, 0.2) is 5.78 Å². The highest BCUT2D eigenvalue weighted by Gasteiger charge is 2.24. The van der Waals surface area contributed by atoms with Crippen LogP contribution in [0.3, 0.4) is 0 Å². The maximum absolute atomic E-state index is 13.4. The molecule has 0 spiro atoms. The smallest absolute Gasteiger partial charge is 0.214 e. The molecule has 0 aliphatic rings. The summed E-state index contributed by atoms with van der Waals surface area (Å²) in [7, 11) is 1.53. The molecule has 140 valence electrons. The molecule has 2 N–H and O–H groups in total. The molecular formula is C22H18FN3O2. The van der Waals surface area contributed by atoms with E-state index < -0.39 is 6.04 Å². The topological polar surface area (TPSA) is 67.0 Å². The summed E-state index contributed by atoms with van der Waals surface area (Å²) in [6.07, 6.45) is 3.30. The van der Waals surface area contributed by atoms with Crippen molar-refractivity contribution in [3.05, 3.63) is 90.0 Å². The largest absolute Gasteiger partial charge is 0.481 e. The molecule has 0 amide bonds. The molecule has 0 bridgehead atoms. The number of fused-ring (bicyclic) bond motifs is 1. The molecule has 0 aliphatic heterocycles. The van der Waals surface area contributed by atoms with Crippen molar-refractivity contribution in [2.24, 2.45) is 0 Å². The van der Waals surface area contributed by atoms with Crippen LogP contribution >= 0.6 is 0 Å². The fourth-order valence-electron chi connectivity index (χ4n) is 3.16. The van der Waals surface area contributed by atoms with E-state index in [0.717, 1.165) is 10.9 Å². The van der Waals surface area contributed by atoms with Gasteiger partial charge in [0.25, 0.3) is 0 Å². The highest BCUT2D eigenvalue weighted by molar-refractivity contribution is 6.11. The molecule has 5 nitrogen and oxygen atoms in total. The van der Waals surface area contributed by atoms with Crippen LogP contribution in [0.5, 0.6) is 5.88 Å². The Labute approximate surface area is 161 Å². The molecule has 6 heteroatoms. The lowest BCUT2D eigenvalue weighted by atomic mass is 9.96. The number of para-hydroxylation sites is 1. The van der Waals surface area contributed by atoms with Gasteiger partial charge in [-0.25, -0.2) is 9.37 Å². The zero-order valence-electron chi connectivity index (χ0n) is 15.1. The van der Waals surface area contributed by atoms with Gasteiger partial charge in [0.05, 0.1) is 7.11 Å². The molecular weight excluding hydrogens is 357 g/mol. The maximum Gasteiger partial charge on any atom is 0.214 e. The molecule has 0 radical (unpaired) electrons. The average Bonchev–Trinajstić information content (AvgIpc) is 3.17. The lowest BCUT2D eigenvalue weighted by Crippen LogP contribution is -2.21. The number of hydrogen-bond donors (Lipinski definition) is 2. The van der Waals surface area contributed by atoms with Gasteiger partial charge in [0.2, 0.25) is 5.88 Å². The number of nitrogens with zero attached hydrogens (tertiary/aromatic N) is 1. The number of H-pyrrole nitrogens is 1. The number of anilines is 1. The number of methoxy groups -OCH3 is 1. The fourth-order valence-corrected chi connectivity index (χ4v) is 3.16. The van der Waals surface area contributed by atoms with Gasteiger partial charge in [0, 0.05) is 40.6 Å². The number of aromatic nitrogens is 2. The number of aromatic amines is 1. The Balaban J connectivity index is 1.75. The van der Waals surface area contributed by atoms with Crippen LogP contribution in [0.15, 0.2) is 73.1 Å². The minimum atomic E-state index is -0.702. The van der Waals surface area contributed by atoms with Crippen LogP contribution in [0.4, 0.5) is 10.1 Å². The molecule has 2 aromatic carbocycles. The van der Waals surface area contributed by atoms with Crippen LogP contribution in [0, 0.1) is 5.82 Å². The van der Waals surface area contributed by atoms with Crippen molar-refractivity contribution in [1.82, 2.24) is 9.97 Å². The summed E-state index contributed by atoms with van der Waals surface area (Å²) in [5.74, 6) is -0.0464. The molecule has 1 atom stereocenters. The molecule has 4 aromatic rings. The van der Waals surface area contributed by atoms with Crippen molar-refractivity contribution in [2.75, 3.05) is 12.4 Å². The van der Waals surface area contributed by atoms with Crippen LogP contribution in [0.2, 0.25) is 0 Å². The van der Waals surface area contributed by atoms with E-state index in [1.165, 1.54) is 19.2 Å². The quantitative estimate of drug-likeness (QED) is 0.478. The van der Waals surface area contributed by atoms with Crippen LogP contribution < -0.4 is 10.1 Å². The van der Waals surface area contributed by atoms with Gasteiger partial charge in [-0.2, -0.15) is 0 Å². The summed E-state index contributed by atoms with van der Waals surface area (Å²) in [5, 5.41) is 4.08. The van der Waals surface area contributed by atoms with Crippen molar-refractivity contribution >= 4 is 22.4 Å². The fraction of sp³-hybridized carbons (Fsp3) is 0.0909. The Bertz CT molecular complexity index is 1120. The van der Waals surface area contributed by atoms with Gasteiger partial charge in [-0.15, -0.1) is 0 Å². The Morgan fingerprint density at radius 3 is 2.71 bits per heavy atom. The first-order valence-corrected chi connectivity index (χ1v) is 8.78. The predicted molar refractivity (Wildman–Crippen MR) is 106 cm³/mol. The Morgan fingerprint density at radius 2 is 1.93 bits per heavy atom. The first-order valence-electron chi connectivity index (χ1n) is 8.78. The summed E-state index contributed by atoms with van der Waals surface area (Å²) < 4.78 is 18.6. The summed E-state index contributed by atoms with van der Waals surface area (Å²) in [4.78, 5) is 20.7. The van der Waals surface area contributed by atoms with Gasteiger partial charge in [-0.05, 0) is 29.8 Å². The number of carbonyl (C=O) groups excluding carboxylic acids is 1. The number of ketones is 1. The molecule has 0 saturated heterocycles. The minimum Gasteiger partial charge on any atom is -0.481 e. The SMILES string of the molecule is COc1cc(NC(C(=O)c2c[nH]c3ccccc23)c2ccc(F)cc2)ccn1. The number of rotatable bonds is 6. The lowest BCUT2D eigenvalue weighted by Gasteiger charge is -2.19. The highest BCUT2D eigenvalue weighted by Crippen LogP contribution is 2.28. The second kappa shape index (κ2) is 7.52. The highest BCUT2D eigenvalue weighted by atomic mass is 19.1. The van der Waals surface area contributed by atoms with E-state index in [4.69, 9.17) is 4.74 Å². The van der Waals surface area contributed by atoms with E-state index >= 15 is 0 Å². The van der Waals surface area contributed by atoms with Gasteiger partial charge >= 0.3 is 0 Å². The van der Waals surface area contributed by atoms with Crippen molar-refractivity contribution < 1.29 is 13.9 Å². The Kier molecular flexibility index (Phi) is 4.76. The van der Waals surface area contributed by atoms with Crippen molar-refractivity contribution in [3.63, 3.8) is 0 Å². The van der Waals surface area contributed by atoms with E-state index in [0.29, 0.717) is 22.7 Å². The number of benzene rings is 2. The second-order valence-electron chi connectivity index (χ2n) is 6.33. The molecule has 2 heterocycles. The third-order valence-corrected chi connectivity index (χ3v) is 4.58. The van der Waals surface area contributed by atoms with Crippen LogP contribution in [-0.2, 0) is 0 Å². The second-order valence-corrected chi connectivity index (χ2v) is 6.33. The van der Waals surface area contributed by atoms with E-state index in [9.17, 15) is 9.18 Å². The third-order valence-electron chi connectivity index (χ3n) is 4.58. The molecule has 2 aromatic heterocycles. The summed E-state index contributed by atoms with van der Waals surface area (Å²) >= 11 is 0. The predicted octanol–water partition coefficient (Wildman–Crippen LogP) is 4.75. The summed E-state index contributed by atoms with van der Waals surface area (Å²) in [5.41, 5.74) is 2.79. The molecule has 4 rings (SSSR count). The number of ether oxygens (including phenoxy) is 1. The van der Waals surface area contributed by atoms with Gasteiger partial charge in [-0.3, -0.25) is 4.79 Å². The Morgan fingerprint density at radius 1 is 1.14 bits per heavy atom. The summed E-state index contributed by atoms with van der Waals surface area (Å²) in [6, 6.07) is 16.3. The number of nitrogens with one attached hydrogen (secondary N) is 2. The van der Waals surface area contributed by atoms with Crippen LogP contribution in [0.25, 0.3) is 10.9 Å². The zero-order valence-corrected chi connectivity index (χ0v) is 15.1. The molecule has 0 fully saturated rings. The van der Waals surface area contributed by atoms with E-state index in [2.05, 4.69) is 15.3 Å². The first-order chi connectivity index (χ1) is 13.7. The molecule has 28 heavy (non-hydrogen) atoms. The molecule has 0 aliphatic carbocycles. The maximum atomic E-state index is 13.4. The number of pyridine rings is 1. The molecule has 0 saturated carbocycles. The summed E-state index contributed by atoms with van der Waals surface area (Å²) in [6.45, 7) is 0. The van der Waals surface area contributed by atoms with E-state index in [-0.39, 0.29) is 11.6 Å². The number of carbonyl (C=O) groups is 1. The van der Waals surface area contributed by atoms with Gasteiger partial charge in [-0.1, -0.05) is 30.3 Å². The molecule has 1 unspecified atom stereocenters. The van der Waals surface area contributed by atoms with Crippen LogP contribution in [-0.4, -0.2) is 22.9 Å². The standard InChI is InChI=1S/C22H18FN3O2/c1-28-20-12-16(10-11-24-20)26-21(14-6-8-15(23)9-7-14)22(27)18-13-25-19-5-3-2-4-17(18)19/h2-13,21,25H,1H3,(H,24,26). The lowest BCUT2D eigenvalue weighted by molar-refractivity contribution is 0.0971. The minimum absolute atomic E-state index is 0.125. The van der Waals surface area contributed by atoms with Crippen molar-refractivity contribution in [1.29, 1.82) is 0 Å². The van der Waals surface area contributed by atoms with Gasteiger partial charge < -0.3 is 15.0 Å². The number of hydrogen-bond acceptors (Lipinski definition) is 4. The number of Topliss-reactive ketones (excluding diaryl/α,β-unsaturated/α-hetero) is 1. The monoisotopic (exact) mass is 375 g/mol. The van der Waals surface area contributed by atoms with Crippen molar-refractivity contribution in [2.45, 2.75) is 6.04 Å². The normalized spacial score (nSPS) is 11.9. The zero-order chi connectivity index (χ0) is 19.5. The van der Waals surface area contributed by atoms with E-state index in [1.54, 1.807) is 36.7 Å². The van der Waals surface area contributed by atoms with Crippen LogP contribution in [0.1, 0.15) is 22.0 Å². The Hall–Kier alpha value is -3.67. The van der Waals surface area contributed by atoms with Crippen molar-refractivity contribution in [3.8, 4) is 5.88 Å². The average molecular weight is 375 g/mol. The van der Waals surface area contributed by atoms with Gasteiger partial charge in [0.1, 0.15) is 11.9 Å².